The highest BCUT2D eigenvalue weighted by molar-refractivity contribution is 5.76. The molecular formula is C21H19N3O2. The quantitative estimate of drug-likeness (QED) is 0.659. The van der Waals surface area contributed by atoms with Crippen molar-refractivity contribution >= 4 is 11.6 Å². The maximum atomic E-state index is 5.43. The largest absolute Gasteiger partial charge is 0.454 e. The summed E-state index contributed by atoms with van der Waals surface area (Å²) in [5.41, 5.74) is 3.13. The van der Waals surface area contributed by atoms with Gasteiger partial charge in [-0.2, -0.15) is 0 Å². The number of ether oxygens (including phenoxy) is 2. The minimum absolute atomic E-state index is 0.281. The number of allylic oxidation sites excluding steroid dienone is 2. The lowest BCUT2D eigenvalue weighted by molar-refractivity contribution is 0.174. The van der Waals surface area contributed by atoms with Gasteiger partial charge in [0.25, 0.3) is 0 Å². The molecule has 130 valence electrons. The molecule has 5 heteroatoms. The summed E-state index contributed by atoms with van der Waals surface area (Å²) in [6, 6.07) is 16.0. The van der Waals surface area contributed by atoms with Crippen LogP contribution in [0.5, 0.6) is 11.5 Å². The van der Waals surface area contributed by atoms with Gasteiger partial charge in [0, 0.05) is 13.5 Å². The summed E-state index contributed by atoms with van der Waals surface area (Å²) in [6.07, 6.45) is 4.57. The van der Waals surface area contributed by atoms with Crippen molar-refractivity contribution in [3.05, 3.63) is 84.0 Å². The average molecular weight is 345 g/mol. The van der Waals surface area contributed by atoms with Gasteiger partial charge in [-0.25, -0.2) is 0 Å². The van der Waals surface area contributed by atoms with Gasteiger partial charge in [-0.3, -0.25) is 0 Å². The molecule has 0 fully saturated rings. The number of rotatable bonds is 5. The molecule has 1 aliphatic rings. The van der Waals surface area contributed by atoms with E-state index >= 15 is 0 Å². The molecule has 2 aromatic carbocycles. The molecule has 4 rings (SSSR count). The fourth-order valence-electron chi connectivity index (χ4n) is 2.83. The Morgan fingerprint density at radius 3 is 2.77 bits per heavy atom. The standard InChI is InChI=1S/C21H19N3O2/c1-15(17-6-4-3-5-7-17)8-11-20-22-23-21(24(20)2)13-16-9-10-18-19(12-16)26-14-25-18/h3-12H,1,13-14H2,2H3/b11-8-. The SMILES string of the molecule is C=C(/C=C\c1nnc(Cc2ccc3c(c2)OCO3)n1C)c1ccccc1. The Kier molecular flexibility index (Phi) is 4.27. The molecule has 1 aliphatic heterocycles. The second-order valence-electron chi connectivity index (χ2n) is 6.12. The van der Waals surface area contributed by atoms with Crippen molar-refractivity contribution in [1.82, 2.24) is 14.8 Å². The molecule has 0 spiro atoms. The predicted molar refractivity (Wildman–Crippen MR) is 101 cm³/mol. The zero-order chi connectivity index (χ0) is 17.9. The van der Waals surface area contributed by atoms with E-state index in [0.717, 1.165) is 39.8 Å². The topological polar surface area (TPSA) is 49.2 Å². The first-order valence-corrected chi connectivity index (χ1v) is 8.40. The summed E-state index contributed by atoms with van der Waals surface area (Å²) >= 11 is 0. The number of hydrogen-bond donors (Lipinski definition) is 0. The molecule has 0 N–H and O–H groups in total. The second-order valence-corrected chi connectivity index (χ2v) is 6.12. The molecule has 1 aromatic heterocycles. The van der Waals surface area contributed by atoms with Gasteiger partial charge in [-0.15, -0.1) is 10.2 Å². The Morgan fingerprint density at radius 2 is 1.92 bits per heavy atom. The van der Waals surface area contributed by atoms with Gasteiger partial charge in [0.1, 0.15) is 5.82 Å². The van der Waals surface area contributed by atoms with Gasteiger partial charge in [0.15, 0.2) is 17.3 Å². The zero-order valence-corrected chi connectivity index (χ0v) is 14.6. The predicted octanol–water partition coefficient (Wildman–Crippen LogP) is 3.86. The van der Waals surface area contributed by atoms with Crippen molar-refractivity contribution in [3.63, 3.8) is 0 Å². The van der Waals surface area contributed by atoms with Crippen molar-refractivity contribution in [3.8, 4) is 11.5 Å². The Hall–Kier alpha value is -3.34. The summed E-state index contributed by atoms with van der Waals surface area (Å²) < 4.78 is 12.8. The number of nitrogens with zero attached hydrogens (tertiary/aromatic N) is 3. The molecule has 0 aliphatic carbocycles. The van der Waals surface area contributed by atoms with Crippen LogP contribution in [0.4, 0.5) is 0 Å². The van der Waals surface area contributed by atoms with Crippen LogP contribution in [0.3, 0.4) is 0 Å². The fraction of sp³-hybridized carbons (Fsp3) is 0.143. The van der Waals surface area contributed by atoms with Crippen LogP contribution < -0.4 is 9.47 Å². The summed E-state index contributed by atoms with van der Waals surface area (Å²) in [5, 5.41) is 8.59. The molecule has 0 saturated carbocycles. The zero-order valence-electron chi connectivity index (χ0n) is 14.6. The van der Waals surface area contributed by atoms with Crippen molar-refractivity contribution < 1.29 is 9.47 Å². The summed E-state index contributed by atoms with van der Waals surface area (Å²) in [7, 11) is 1.97. The molecule has 0 unspecified atom stereocenters. The van der Waals surface area contributed by atoms with Crippen molar-refractivity contribution in [1.29, 1.82) is 0 Å². The van der Waals surface area contributed by atoms with Crippen LogP contribution in [0, 0.1) is 0 Å². The van der Waals surface area contributed by atoms with E-state index in [1.165, 1.54) is 0 Å². The van der Waals surface area contributed by atoms with E-state index in [2.05, 4.69) is 16.8 Å². The molecule has 0 atom stereocenters. The Bertz CT molecular complexity index is 974. The van der Waals surface area contributed by atoms with Gasteiger partial charge in [-0.05, 0) is 34.9 Å². The van der Waals surface area contributed by atoms with Crippen LogP contribution >= 0.6 is 0 Å². The van der Waals surface area contributed by atoms with Crippen LogP contribution in [0.25, 0.3) is 11.6 Å². The molecule has 0 bridgehead atoms. The number of hydrogen-bond acceptors (Lipinski definition) is 4. The van der Waals surface area contributed by atoms with Crippen molar-refractivity contribution in [2.45, 2.75) is 6.42 Å². The van der Waals surface area contributed by atoms with E-state index in [1.54, 1.807) is 0 Å². The highest BCUT2D eigenvalue weighted by atomic mass is 16.7. The lowest BCUT2D eigenvalue weighted by Gasteiger charge is -2.04. The van der Waals surface area contributed by atoms with Crippen LogP contribution in [0.15, 0.2) is 61.2 Å². The minimum Gasteiger partial charge on any atom is -0.454 e. The molecule has 0 saturated heterocycles. The lowest BCUT2D eigenvalue weighted by atomic mass is 10.1. The first-order valence-electron chi connectivity index (χ1n) is 8.40. The average Bonchev–Trinajstić information content (AvgIpc) is 3.27. The third-order valence-electron chi connectivity index (χ3n) is 4.38. The summed E-state index contributed by atoms with van der Waals surface area (Å²) in [6.45, 7) is 4.39. The molecule has 0 radical (unpaired) electrons. The summed E-state index contributed by atoms with van der Waals surface area (Å²) in [4.78, 5) is 0. The summed E-state index contributed by atoms with van der Waals surface area (Å²) in [5.74, 6) is 3.24. The number of benzene rings is 2. The van der Waals surface area contributed by atoms with Crippen LogP contribution in [-0.4, -0.2) is 21.6 Å². The van der Waals surface area contributed by atoms with Crippen LogP contribution in [-0.2, 0) is 13.5 Å². The lowest BCUT2D eigenvalue weighted by Crippen LogP contribution is -2.00. The van der Waals surface area contributed by atoms with E-state index in [-0.39, 0.29) is 6.79 Å². The van der Waals surface area contributed by atoms with Gasteiger partial charge in [0.2, 0.25) is 6.79 Å². The molecule has 0 amide bonds. The molecule has 5 nitrogen and oxygen atoms in total. The second kappa shape index (κ2) is 6.88. The highest BCUT2D eigenvalue weighted by Crippen LogP contribution is 2.33. The Labute approximate surface area is 152 Å². The van der Waals surface area contributed by atoms with E-state index in [0.29, 0.717) is 6.42 Å². The van der Waals surface area contributed by atoms with E-state index < -0.39 is 0 Å². The fourth-order valence-corrected chi connectivity index (χ4v) is 2.83. The molecular weight excluding hydrogens is 326 g/mol. The Balaban J connectivity index is 1.49. The van der Waals surface area contributed by atoms with Gasteiger partial charge in [0.05, 0.1) is 0 Å². The van der Waals surface area contributed by atoms with Crippen molar-refractivity contribution in [2.24, 2.45) is 7.05 Å². The third kappa shape index (κ3) is 3.24. The number of aromatic nitrogens is 3. The molecule has 2 heterocycles. The minimum atomic E-state index is 0.281. The maximum absolute atomic E-state index is 5.43. The monoisotopic (exact) mass is 345 g/mol. The van der Waals surface area contributed by atoms with Crippen molar-refractivity contribution in [2.75, 3.05) is 6.79 Å². The first-order chi connectivity index (χ1) is 12.7. The highest BCUT2D eigenvalue weighted by Gasteiger charge is 2.14. The van der Waals surface area contributed by atoms with Crippen LogP contribution in [0.1, 0.15) is 22.8 Å². The maximum Gasteiger partial charge on any atom is 0.231 e. The Morgan fingerprint density at radius 1 is 1.12 bits per heavy atom. The van der Waals surface area contributed by atoms with E-state index in [4.69, 9.17) is 9.47 Å². The van der Waals surface area contributed by atoms with Gasteiger partial charge < -0.3 is 14.0 Å². The van der Waals surface area contributed by atoms with Gasteiger partial charge >= 0.3 is 0 Å². The first kappa shape index (κ1) is 16.1. The van der Waals surface area contributed by atoms with E-state index in [9.17, 15) is 0 Å². The van der Waals surface area contributed by atoms with Crippen LogP contribution in [0.2, 0.25) is 0 Å². The smallest absolute Gasteiger partial charge is 0.231 e. The van der Waals surface area contributed by atoms with E-state index in [1.807, 2.05) is 72.3 Å². The third-order valence-corrected chi connectivity index (χ3v) is 4.38. The van der Waals surface area contributed by atoms with Gasteiger partial charge in [-0.1, -0.05) is 49.1 Å². The number of fused-ring (bicyclic) bond motifs is 1. The molecule has 3 aromatic rings. The normalized spacial score (nSPS) is 12.7. The molecule has 26 heavy (non-hydrogen) atoms.